The van der Waals surface area contributed by atoms with Crippen LogP contribution in [0.25, 0.3) is 60.8 Å². The smallest absolute Gasteiger partial charge is 0.255 e. The van der Waals surface area contributed by atoms with Gasteiger partial charge in [-0.2, -0.15) is 0 Å². The molecule has 0 aliphatic rings. The summed E-state index contributed by atoms with van der Waals surface area (Å²) in [5.74, 6) is -0.317. The number of amides is 1. The molecular formula is C32H23FN4O5S. The first kappa shape index (κ1) is 27.7. The number of hydrogen-bond acceptors (Lipinski definition) is 6. The first-order chi connectivity index (χ1) is 20.6. The molecule has 11 heteroatoms. The highest BCUT2D eigenvalue weighted by molar-refractivity contribution is 7.92. The number of carbonyl (C=O) groups is 1. The Kier molecular flexibility index (Phi) is 6.71. The van der Waals surface area contributed by atoms with Crippen molar-refractivity contribution in [1.29, 1.82) is 0 Å². The van der Waals surface area contributed by atoms with Crippen LogP contribution in [0.5, 0.6) is 0 Å². The molecule has 0 fully saturated rings. The SMILES string of the molecule is [C-]#[N+]c1ccc2oc(-c3cccc(-c4cc5c(C(=O)NC)c(-c6ccc(F)cc6)oc5cc4N(C)S(C)(=O)=O)c3)nc2c1. The van der Waals surface area contributed by atoms with Gasteiger partial charge in [-0.3, -0.25) is 9.10 Å². The molecule has 0 saturated heterocycles. The Hall–Kier alpha value is -5.47. The molecule has 4 aromatic carbocycles. The van der Waals surface area contributed by atoms with Gasteiger partial charge in [0.1, 0.15) is 17.2 Å². The molecule has 0 radical (unpaired) electrons. The third-order valence-corrected chi connectivity index (χ3v) is 8.32. The van der Waals surface area contributed by atoms with E-state index in [1.165, 1.54) is 38.4 Å². The molecule has 0 unspecified atom stereocenters. The molecule has 6 rings (SSSR count). The van der Waals surface area contributed by atoms with E-state index in [4.69, 9.17) is 15.4 Å². The van der Waals surface area contributed by atoms with Gasteiger partial charge in [0.2, 0.25) is 15.9 Å². The van der Waals surface area contributed by atoms with Gasteiger partial charge in [-0.15, -0.1) is 0 Å². The zero-order valence-electron chi connectivity index (χ0n) is 23.2. The third-order valence-electron chi connectivity index (χ3n) is 7.12. The van der Waals surface area contributed by atoms with Gasteiger partial charge in [0.25, 0.3) is 5.91 Å². The van der Waals surface area contributed by atoms with Crippen molar-refractivity contribution in [2.75, 3.05) is 24.7 Å². The summed E-state index contributed by atoms with van der Waals surface area (Å²) < 4.78 is 52.4. The number of nitrogens with one attached hydrogen (secondary N) is 1. The molecule has 1 amide bonds. The summed E-state index contributed by atoms with van der Waals surface area (Å²) in [5, 5.41) is 3.08. The number of carbonyl (C=O) groups excluding carboxylic acids is 1. The van der Waals surface area contributed by atoms with Gasteiger partial charge in [0, 0.05) is 42.2 Å². The molecule has 0 aliphatic heterocycles. The number of rotatable bonds is 6. The first-order valence-electron chi connectivity index (χ1n) is 13.0. The number of furan rings is 1. The van der Waals surface area contributed by atoms with Gasteiger partial charge in [-0.1, -0.05) is 18.2 Å². The quantitative estimate of drug-likeness (QED) is 0.208. The molecule has 9 nitrogen and oxygen atoms in total. The number of nitrogens with zero attached hydrogens (tertiary/aromatic N) is 3. The van der Waals surface area contributed by atoms with Crippen molar-refractivity contribution in [2.24, 2.45) is 0 Å². The zero-order chi connectivity index (χ0) is 30.5. The lowest BCUT2D eigenvalue weighted by Gasteiger charge is -2.21. The maximum absolute atomic E-state index is 13.7. The lowest BCUT2D eigenvalue weighted by molar-refractivity contribution is 0.0964. The predicted molar refractivity (Wildman–Crippen MR) is 163 cm³/mol. The van der Waals surface area contributed by atoms with Crippen LogP contribution in [0.3, 0.4) is 0 Å². The van der Waals surface area contributed by atoms with Crippen LogP contribution in [-0.2, 0) is 10.0 Å². The van der Waals surface area contributed by atoms with E-state index >= 15 is 0 Å². The second-order valence-electron chi connectivity index (χ2n) is 9.85. The van der Waals surface area contributed by atoms with Gasteiger partial charge in [0.15, 0.2) is 11.3 Å². The van der Waals surface area contributed by atoms with Crippen LogP contribution >= 0.6 is 0 Å². The molecule has 1 N–H and O–H groups in total. The molecule has 6 aromatic rings. The van der Waals surface area contributed by atoms with E-state index < -0.39 is 21.7 Å². The minimum atomic E-state index is -3.71. The van der Waals surface area contributed by atoms with E-state index in [1.807, 2.05) is 18.2 Å². The molecule has 0 saturated carbocycles. The summed E-state index contributed by atoms with van der Waals surface area (Å²) in [6.45, 7) is 7.25. The van der Waals surface area contributed by atoms with Gasteiger partial charge in [0.05, 0.1) is 29.6 Å². The Morgan fingerprint density at radius 2 is 1.70 bits per heavy atom. The highest BCUT2D eigenvalue weighted by Gasteiger charge is 2.26. The van der Waals surface area contributed by atoms with Crippen molar-refractivity contribution in [3.05, 3.63) is 102 Å². The van der Waals surface area contributed by atoms with Crippen LogP contribution in [-0.4, -0.2) is 39.7 Å². The van der Waals surface area contributed by atoms with E-state index in [0.29, 0.717) is 56.0 Å². The average Bonchev–Trinajstić information content (AvgIpc) is 3.60. The Morgan fingerprint density at radius 3 is 2.40 bits per heavy atom. The summed E-state index contributed by atoms with van der Waals surface area (Å²) in [5.41, 5.74) is 4.55. The molecular weight excluding hydrogens is 571 g/mol. The predicted octanol–water partition coefficient (Wildman–Crippen LogP) is 7.02. The molecule has 0 aliphatic carbocycles. The van der Waals surface area contributed by atoms with Gasteiger partial charge in [-0.25, -0.2) is 22.6 Å². The van der Waals surface area contributed by atoms with Crippen molar-refractivity contribution in [2.45, 2.75) is 0 Å². The lowest BCUT2D eigenvalue weighted by Crippen LogP contribution is -2.25. The number of anilines is 1. The fourth-order valence-electron chi connectivity index (χ4n) is 4.89. The van der Waals surface area contributed by atoms with Crippen LogP contribution in [0, 0.1) is 12.4 Å². The maximum atomic E-state index is 13.7. The van der Waals surface area contributed by atoms with Gasteiger partial charge < -0.3 is 14.2 Å². The summed E-state index contributed by atoms with van der Waals surface area (Å²) in [7, 11) is -0.780. The van der Waals surface area contributed by atoms with Crippen LogP contribution in [0.15, 0.2) is 87.7 Å². The van der Waals surface area contributed by atoms with E-state index in [0.717, 1.165) is 10.6 Å². The number of benzene rings is 4. The van der Waals surface area contributed by atoms with Crippen LogP contribution in [0.1, 0.15) is 10.4 Å². The minimum Gasteiger partial charge on any atom is -0.455 e. The Balaban J connectivity index is 1.59. The van der Waals surface area contributed by atoms with Gasteiger partial charge in [-0.05, 0) is 60.2 Å². The Bertz CT molecular complexity index is 2210. The summed E-state index contributed by atoms with van der Waals surface area (Å²) in [4.78, 5) is 21.1. The highest BCUT2D eigenvalue weighted by Crippen LogP contribution is 2.42. The summed E-state index contributed by atoms with van der Waals surface area (Å²) >= 11 is 0. The molecule has 43 heavy (non-hydrogen) atoms. The number of halogens is 1. The van der Waals surface area contributed by atoms with E-state index in [-0.39, 0.29) is 16.9 Å². The van der Waals surface area contributed by atoms with E-state index in [1.54, 1.807) is 36.4 Å². The topological polar surface area (TPSA) is 110 Å². The van der Waals surface area contributed by atoms with E-state index in [2.05, 4.69) is 15.1 Å². The zero-order valence-corrected chi connectivity index (χ0v) is 24.0. The monoisotopic (exact) mass is 594 g/mol. The second-order valence-corrected chi connectivity index (χ2v) is 11.9. The van der Waals surface area contributed by atoms with Gasteiger partial charge >= 0.3 is 0 Å². The Morgan fingerprint density at radius 1 is 0.953 bits per heavy atom. The second kappa shape index (κ2) is 10.4. The number of hydrogen-bond donors (Lipinski definition) is 1. The minimum absolute atomic E-state index is 0.221. The number of aromatic nitrogens is 1. The summed E-state index contributed by atoms with van der Waals surface area (Å²) in [6, 6.07) is 21.0. The van der Waals surface area contributed by atoms with Crippen molar-refractivity contribution in [3.63, 3.8) is 0 Å². The van der Waals surface area contributed by atoms with Crippen molar-refractivity contribution in [3.8, 4) is 33.9 Å². The standard InChI is InChI=1S/C32H23FN4O5S/c1-34-22-12-13-27-25(15-22)36-32(42-27)20-7-5-6-19(14-20)23-16-24-28(17-26(23)37(3)43(4,39)40)41-30(29(24)31(38)35-2)18-8-10-21(33)11-9-18/h5-17H,2-4H3,(H,35,38). The number of oxazole rings is 1. The normalized spacial score (nSPS) is 11.5. The highest BCUT2D eigenvalue weighted by atomic mass is 32.2. The van der Waals surface area contributed by atoms with Crippen molar-refractivity contribution >= 4 is 49.4 Å². The lowest BCUT2D eigenvalue weighted by atomic mass is 9.97. The largest absolute Gasteiger partial charge is 0.455 e. The molecule has 0 atom stereocenters. The first-order valence-corrected chi connectivity index (χ1v) is 14.8. The van der Waals surface area contributed by atoms with Crippen molar-refractivity contribution in [1.82, 2.24) is 10.3 Å². The van der Waals surface area contributed by atoms with Crippen LogP contribution in [0.4, 0.5) is 15.8 Å². The number of fused-ring (bicyclic) bond motifs is 2. The Labute approximate surface area is 246 Å². The van der Waals surface area contributed by atoms with Crippen molar-refractivity contribution < 1.29 is 26.4 Å². The molecule has 2 aromatic heterocycles. The van der Waals surface area contributed by atoms with E-state index in [9.17, 15) is 17.6 Å². The maximum Gasteiger partial charge on any atom is 0.255 e. The third kappa shape index (κ3) is 4.98. The molecule has 0 bridgehead atoms. The van der Waals surface area contributed by atoms with Crippen LogP contribution in [0.2, 0.25) is 0 Å². The molecule has 214 valence electrons. The average molecular weight is 595 g/mol. The number of sulfonamides is 1. The summed E-state index contributed by atoms with van der Waals surface area (Å²) in [6.07, 6.45) is 1.09. The fourth-order valence-corrected chi connectivity index (χ4v) is 5.39. The molecule has 0 spiro atoms. The van der Waals surface area contributed by atoms with Crippen LogP contribution < -0.4 is 9.62 Å². The molecule has 2 heterocycles. The fraction of sp³-hybridized carbons (Fsp3) is 0.0938.